The summed E-state index contributed by atoms with van der Waals surface area (Å²) in [6.45, 7) is 1.67. The summed E-state index contributed by atoms with van der Waals surface area (Å²) in [7, 11) is 4.47. The van der Waals surface area contributed by atoms with Crippen LogP contribution in [0.25, 0.3) is 0 Å². The van der Waals surface area contributed by atoms with E-state index in [1.165, 1.54) is 30.9 Å². The minimum Gasteiger partial charge on any atom is -0.508 e. The number of aromatic hydroxyl groups is 2. The van der Waals surface area contributed by atoms with Crippen molar-refractivity contribution in [2.75, 3.05) is 27.9 Å². The van der Waals surface area contributed by atoms with Crippen molar-refractivity contribution in [3.8, 4) is 23.0 Å². The van der Waals surface area contributed by atoms with Crippen molar-refractivity contribution in [1.82, 2.24) is 4.90 Å². The Morgan fingerprint density at radius 3 is 2.33 bits per heavy atom. The maximum atomic E-state index is 12.7. The lowest BCUT2D eigenvalue weighted by Gasteiger charge is -2.29. The van der Waals surface area contributed by atoms with Crippen LogP contribution in [0.2, 0.25) is 0 Å². The first kappa shape index (κ1) is 25.1. The number of ether oxygens (including phenoxy) is 3. The van der Waals surface area contributed by atoms with Crippen LogP contribution in [-0.2, 0) is 29.0 Å². The van der Waals surface area contributed by atoms with Gasteiger partial charge in [-0.2, -0.15) is 0 Å². The van der Waals surface area contributed by atoms with Crippen molar-refractivity contribution in [3.63, 3.8) is 0 Å². The number of hydrogen-bond acceptors (Lipinski definition) is 9. The van der Waals surface area contributed by atoms with Crippen LogP contribution >= 0.6 is 0 Å². The zero-order chi connectivity index (χ0) is 25.8. The predicted octanol–water partition coefficient (Wildman–Crippen LogP) is 3.32. The number of carbonyl (C=O) groups excluding carboxylic acids is 1. The second-order valence-electron chi connectivity index (χ2n) is 8.65. The number of phenols is 1. The van der Waals surface area contributed by atoms with E-state index in [9.17, 15) is 19.8 Å². The van der Waals surface area contributed by atoms with E-state index in [1.54, 1.807) is 26.4 Å². The molecular weight excluding hydrogens is 466 g/mol. The SMILES string of the molecule is COC(=O)C[C@H](c1ccc(O)cc1)c1oc(CN2CCc3cc(OC)c(OC)cc3C2)cc(=O)c1O. The molecule has 0 aliphatic carbocycles. The molecule has 0 saturated carbocycles. The Morgan fingerprint density at radius 1 is 1.03 bits per heavy atom. The first-order valence-electron chi connectivity index (χ1n) is 11.5. The van der Waals surface area contributed by atoms with Crippen molar-refractivity contribution >= 4 is 5.97 Å². The maximum Gasteiger partial charge on any atom is 0.306 e. The van der Waals surface area contributed by atoms with Gasteiger partial charge in [0, 0.05) is 19.2 Å². The minimum atomic E-state index is -0.774. The van der Waals surface area contributed by atoms with Gasteiger partial charge in [-0.25, -0.2) is 0 Å². The van der Waals surface area contributed by atoms with Crippen molar-refractivity contribution in [1.29, 1.82) is 0 Å². The normalized spacial score (nSPS) is 14.1. The van der Waals surface area contributed by atoms with Gasteiger partial charge in [0.25, 0.3) is 0 Å². The molecule has 4 rings (SSSR count). The average Bonchev–Trinajstić information content (AvgIpc) is 2.89. The molecule has 0 bridgehead atoms. The van der Waals surface area contributed by atoms with Gasteiger partial charge in [0.1, 0.15) is 11.5 Å². The summed E-state index contributed by atoms with van der Waals surface area (Å²) in [5.74, 6) is -0.123. The number of rotatable bonds is 8. The molecule has 1 aromatic heterocycles. The van der Waals surface area contributed by atoms with Crippen LogP contribution in [0.1, 0.15) is 40.5 Å². The molecule has 0 spiro atoms. The highest BCUT2D eigenvalue weighted by molar-refractivity contribution is 5.71. The van der Waals surface area contributed by atoms with E-state index >= 15 is 0 Å². The van der Waals surface area contributed by atoms with Crippen molar-refractivity contribution in [2.24, 2.45) is 0 Å². The molecule has 9 nitrogen and oxygen atoms in total. The monoisotopic (exact) mass is 495 g/mol. The lowest BCUT2D eigenvalue weighted by atomic mass is 9.92. The molecule has 0 saturated heterocycles. The van der Waals surface area contributed by atoms with Crippen molar-refractivity contribution in [2.45, 2.75) is 31.8 Å². The highest BCUT2D eigenvalue weighted by Crippen LogP contribution is 2.36. The molecule has 0 amide bonds. The topological polar surface area (TPSA) is 119 Å². The minimum absolute atomic E-state index is 0.0163. The van der Waals surface area contributed by atoms with E-state index in [0.717, 1.165) is 18.5 Å². The second-order valence-corrected chi connectivity index (χ2v) is 8.65. The zero-order valence-corrected chi connectivity index (χ0v) is 20.4. The van der Waals surface area contributed by atoms with Gasteiger partial charge < -0.3 is 28.8 Å². The lowest BCUT2D eigenvalue weighted by molar-refractivity contribution is -0.140. The summed E-state index contributed by atoms with van der Waals surface area (Å²) in [6, 6.07) is 11.4. The van der Waals surface area contributed by atoms with Crippen LogP contribution in [0.4, 0.5) is 0 Å². The average molecular weight is 496 g/mol. The summed E-state index contributed by atoms with van der Waals surface area (Å²) < 4.78 is 21.7. The van der Waals surface area contributed by atoms with E-state index in [2.05, 4.69) is 4.90 Å². The number of fused-ring (bicyclic) bond motifs is 1. The van der Waals surface area contributed by atoms with Crippen LogP contribution < -0.4 is 14.9 Å². The van der Waals surface area contributed by atoms with Gasteiger partial charge in [-0.05, 0) is 47.4 Å². The Labute approximate surface area is 208 Å². The van der Waals surface area contributed by atoms with Crippen LogP contribution in [0.15, 0.2) is 51.7 Å². The first-order chi connectivity index (χ1) is 17.3. The van der Waals surface area contributed by atoms with Crippen molar-refractivity contribution < 1.29 is 33.6 Å². The van der Waals surface area contributed by atoms with Gasteiger partial charge in [0.05, 0.1) is 40.2 Å². The van der Waals surface area contributed by atoms with Gasteiger partial charge in [-0.3, -0.25) is 14.5 Å². The molecule has 9 heteroatoms. The maximum absolute atomic E-state index is 12.7. The van der Waals surface area contributed by atoms with E-state index in [-0.39, 0.29) is 17.9 Å². The molecule has 2 N–H and O–H groups in total. The van der Waals surface area contributed by atoms with Gasteiger partial charge in [0.2, 0.25) is 11.2 Å². The zero-order valence-electron chi connectivity index (χ0n) is 20.4. The number of benzene rings is 2. The van der Waals surface area contributed by atoms with Gasteiger partial charge in [0.15, 0.2) is 17.3 Å². The molecule has 1 atom stereocenters. The molecule has 2 heterocycles. The standard InChI is InChI=1S/C27H29NO8/c1-33-23-10-17-8-9-28(14-18(17)11-24(23)34-2)15-20-12-22(30)26(32)27(36-20)21(13-25(31)35-3)16-4-6-19(29)7-5-16/h4-7,10-12,21,29,32H,8-9,13-15H2,1-3H3/t21-/m1/s1. The molecule has 190 valence electrons. The summed E-state index contributed by atoms with van der Waals surface area (Å²) in [5, 5.41) is 20.2. The Kier molecular flexibility index (Phi) is 7.49. The van der Waals surface area contributed by atoms with E-state index in [4.69, 9.17) is 18.6 Å². The number of hydrogen-bond donors (Lipinski definition) is 2. The van der Waals surface area contributed by atoms with E-state index in [0.29, 0.717) is 35.9 Å². The fourth-order valence-corrected chi connectivity index (χ4v) is 4.48. The number of methoxy groups -OCH3 is 3. The Bertz CT molecular complexity index is 1300. The molecule has 36 heavy (non-hydrogen) atoms. The van der Waals surface area contributed by atoms with Gasteiger partial charge in [-0.15, -0.1) is 0 Å². The quantitative estimate of drug-likeness (QED) is 0.454. The van der Waals surface area contributed by atoms with Gasteiger partial charge >= 0.3 is 5.97 Å². The van der Waals surface area contributed by atoms with Crippen LogP contribution in [0.5, 0.6) is 23.0 Å². The Hall–Kier alpha value is -3.98. The molecular formula is C27H29NO8. The van der Waals surface area contributed by atoms with E-state index < -0.39 is 23.1 Å². The number of esters is 1. The smallest absolute Gasteiger partial charge is 0.306 e. The number of nitrogens with zero attached hydrogens (tertiary/aromatic N) is 1. The predicted molar refractivity (Wildman–Crippen MR) is 131 cm³/mol. The third-order valence-electron chi connectivity index (χ3n) is 6.39. The lowest BCUT2D eigenvalue weighted by Crippen LogP contribution is -2.30. The highest BCUT2D eigenvalue weighted by Gasteiger charge is 2.27. The van der Waals surface area contributed by atoms with Crippen molar-refractivity contribution in [3.05, 3.63) is 80.9 Å². The summed E-state index contributed by atoms with van der Waals surface area (Å²) in [6.07, 6.45) is 0.628. The van der Waals surface area contributed by atoms with Crippen LogP contribution in [-0.4, -0.2) is 49.0 Å². The summed E-state index contributed by atoms with van der Waals surface area (Å²) in [5.41, 5.74) is 2.25. The molecule has 3 aromatic rings. The third kappa shape index (κ3) is 5.31. The highest BCUT2D eigenvalue weighted by atomic mass is 16.5. The first-order valence-corrected chi connectivity index (χ1v) is 11.5. The number of phenolic OH excluding ortho intramolecular Hbond substituents is 1. The van der Waals surface area contributed by atoms with Crippen LogP contribution in [0, 0.1) is 0 Å². The molecule has 0 radical (unpaired) electrons. The number of carbonyl (C=O) groups is 1. The third-order valence-corrected chi connectivity index (χ3v) is 6.39. The molecule has 0 fully saturated rings. The largest absolute Gasteiger partial charge is 0.508 e. The van der Waals surface area contributed by atoms with Gasteiger partial charge in [-0.1, -0.05) is 12.1 Å². The second kappa shape index (κ2) is 10.7. The Morgan fingerprint density at radius 2 is 1.69 bits per heavy atom. The molecule has 1 aliphatic heterocycles. The molecule has 1 aliphatic rings. The fraction of sp³-hybridized carbons (Fsp3) is 0.333. The van der Waals surface area contributed by atoms with Crippen LogP contribution in [0.3, 0.4) is 0 Å². The molecule has 2 aromatic carbocycles. The Balaban J connectivity index is 1.64. The molecule has 0 unspecified atom stereocenters. The summed E-state index contributed by atoms with van der Waals surface area (Å²) in [4.78, 5) is 27.0. The van der Waals surface area contributed by atoms with E-state index in [1.807, 2.05) is 12.1 Å². The fourth-order valence-electron chi connectivity index (χ4n) is 4.48. The summed E-state index contributed by atoms with van der Waals surface area (Å²) >= 11 is 0.